The first-order valence-electron chi connectivity index (χ1n) is 9.01. The van der Waals surface area contributed by atoms with Crippen molar-refractivity contribution in [3.63, 3.8) is 0 Å². The molecule has 2 N–H and O–H groups in total. The van der Waals surface area contributed by atoms with Gasteiger partial charge in [-0.1, -0.05) is 37.3 Å². The minimum atomic E-state index is 0. The van der Waals surface area contributed by atoms with E-state index < -0.39 is 0 Å². The number of nitrogens with one attached hydrogen (secondary N) is 2. The van der Waals surface area contributed by atoms with Gasteiger partial charge in [-0.05, 0) is 44.1 Å². The number of hydrogen-bond acceptors (Lipinski definition) is 2. The summed E-state index contributed by atoms with van der Waals surface area (Å²) in [5, 5.41) is 6.94. The first kappa shape index (κ1) is 19.5. The van der Waals surface area contributed by atoms with E-state index in [1.165, 1.54) is 18.4 Å². The third-order valence-electron chi connectivity index (χ3n) is 4.97. The smallest absolute Gasteiger partial charge is 0.191 e. The van der Waals surface area contributed by atoms with Crippen LogP contribution in [0.5, 0.6) is 0 Å². The van der Waals surface area contributed by atoms with Gasteiger partial charge in [0.15, 0.2) is 5.96 Å². The van der Waals surface area contributed by atoms with Crippen LogP contribution >= 0.6 is 24.0 Å². The Labute approximate surface area is 162 Å². The van der Waals surface area contributed by atoms with Crippen LogP contribution in [0.25, 0.3) is 0 Å². The van der Waals surface area contributed by atoms with Crippen molar-refractivity contribution in [1.29, 1.82) is 0 Å². The van der Waals surface area contributed by atoms with Crippen LogP contribution < -0.4 is 10.6 Å². The molecule has 4 unspecified atom stereocenters. The fraction of sp³-hybridized carbons (Fsp3) is 0.632. The van der Waals surface area contributed by atoms with Crippen LogP contribution in [-0.4, -0.2) is 37.3 Å². The number of hydrogen-bond donors (Lipinski definition) is 2. The van der Waals surface area contributed by atoms with Gasteiger partial charge in [0.1, 0.15) is 0 Å². The molecule has 2 fully saturated rings. The first-order valence-corrected chi connectivity index (χ1v) is 9.01. The molecule has 1 aromatic carbocycles. The van der Waals surface area contributed by atoms with Crippen LogP contribution in [0.2, 0.25) is 0 Å². The molecule has 0 aromatic heterocycles. The topological polar surface area (TPSA) is 45.7 Å². The molecule has 1 aromatic rings. The van der Waals surface area contributed by atoms with Gasteiger partial charge in [0.05, 0.1) is 18.2 Å². The number of fused-ring (bicyclic) bond motifs is 2. The zero-order chi connectivity index (χ0) is 16.1. The van der Waals surface area contributed by atoms with Crippen LogP contribution in [0, 0.1) is 0 Å². The average Bonchev–Trinajstić information content (AvgIpc) is 3.18. The van der Waals surface area contributed by atoms with Gasteiger partial charge in [-0.2, -0.15) is 0 Å². The van der Waals surface area contributed by atoms with Crippen molar-refractivity contribution in [1.82, 2.24) is 10.6 Å². The number of halogens is 1. The highest BCUT2D eigenvalue weighted by Crippen LogP contribution is 2.34. The van der Waals surface area contributed by atoms with E-state index in [4.69, 9.17) is 9.73 Å². The number of ether oxygens (including phenoxy) is 1. The molecular weight excluding hydrogens is 413 g/mol. The number of aliphatic imine (C=N–C) groups is 1. The van der Waals surface area contributed by atoms with Gasteiger partial charge in [0, 0.05) is 13.1 Å². The summed E-state index contributed by atoms with van der Waals surface area (Å²) in [6.45, 7) is 6.12. The van der Waals surface area contributed by atoms with Gasteiger partial charge in [-0.15, -0.1) is 24.0 Å². The summed E-state index contributed by atoms with van der Waals surface area (Å²) in [6, 6.07) is 11.1. The van der Waals surface area contributed by atoms with Gasteiger partial charge in [-0.3, -0.25) is 4.99 Å². The molecule has 2 heterocycles. The van der Waals surface area contributed by atoms with Crippen LogP contribution in [0.1, 0.15) is 51.0 Å². The molecule has 4 nitrogen and oxygen atoms in total. The Balaban J connectivity index is 0.00000208. The van der Waals surface area contributed by atoms with Crippen molar-refractivity contribution in [2.24, 2.45) is 4.99 Å². The number of benzene rings is 1. The predicted molar refractivity (Wildman–Crippen MR) is 110 cm³/mol. The largest absolute Gasteiger partial charge is 0.373 e. The first-order chi connectivity index (χ1) is 11.3. The summed E-state index contributed by atoms with van der Waals surface area (Å²) >= 11 is 0. The van der Waals surface area contributed by atoms with E-state index in [0.717, 1.165) is 31.9 Å². The second-order valence-corrected chi connectivity index (χ2v) is 6.72. The molecule has 0 spiro atoms. The van der Waals surface area contributed by atoms with Gasteiger partial charge < -0.3 is 15.4 Å². The van der Waals surface area contributed by atoms with E-state index in [2.05, 4.69) is 54.8 Å². The van der Waals surface area contributed by atoms with Crippen molar-refractivity contribution in [3.8, 4) is 0 Å². The van der Waals surface area contributed by atoms with Crippen LogP contribution in [0.4, 0.5) is 0 Å². The summed E-state index contributed by atoms with van der Waals surface area (Å²) in [5.74, 6) is 1.47. The molecule has 4 atom stereocenters. The van der Waals surface area contributed by atoms with Crippen molar-refractivity contribution >= 4 is 29.9 Å². The zero-order valence-corrected chi connectivity index (χ0v) is 17.0. The highest BCUT2D eigenvalue weighted by atomic mass is 127. The Kier molecular flexibility index (Phi) is 7.81. The van der Waals surface area contributed by atoms with Crippen LogP contribution in [0.3, 0.4) is 0 Å². The van der Waals surface area contributed by atoms with E-state index >= 15 is 0 Å². The third kappa shape index (κ3) is 5.09. The predicted octanol–water partition coefficient (Wildman–Crippen LogP) is 3.67. The van der Waals surface area contributed by atoms with Gasteiger partial charge in [0.25, 0.3) is 0 Å². The van der Waals surface area contributed by atoms with Gasteiger partial charge in [0.2, 0.25) is 0 Å². The Morgan fingerprint density at radius 2 is 2.08 bits per heavy atom. The van der Waals surface area contributed by atoms with Gasteiger partial charge >= 0.3 is 0 Å². The van der Waals surface area contributed by atoms with Crippen molar-refractivity contribution in [3.05, 3.63) is 35.9 Å². The maximum Gasteiger partial charge on any atom is 0.191 e. The molecule has 0 amide bonds. The van der Waals surface area contributed by atoms with E-state index in [-0.39, 0.29) is 24.0 Å². The molecule has 0 radical (unpaired) electrons. The van der Waals surface area contributed by atoms with Crippen LogP contribution in [-0.2, 0) is 4.74 Å². The second kappa shape index (κ2) is 9.61. The minimum Gasteiger partial charge on any atom is -0.373 e. The highest BCUT2D eigenvalue weighted by molar-refractivity contribution is 14.0. The maximum absolute atomic E-state index is 5.92. The van der Waals surface area contributed by atoms with E-state index in [1.54, 1.807) is 0 Å². The fourth-order valence-corrected chi connectivity index (χ4v) is 3.60. The second-order valence-electron chi connectivity index (χ2n) is 6.72. The monoisotopic (exact) mass is 443 g/mol. The molecule has 2 aliphatic heterocycles. The molecule has 2 saturated heterocycles. The lowest BCUT2D eigenvalue weighted by Crippen LogP contribution is -2.47. The van der Waals surface area contributed by atoms with E-state index in [1.807, 2.05) is 0 Å². The molecular formula is C19H30IN3O. The minimum absolute atomic E-state index is 0. The zero-order valence-electron chi connectivity index (χ0n) is 14.7. The normalized spacial score (nSPS) is 26.8. The summed E-state index contributed by atoms with van der Waals surface area (Å²) in [4.78, 5) is 4.76. The summed E-state index contributed by atoms with van der Waals surface area (Å²) in [6.07, 6.45) is 5.45. The van der Waals surface area contributed by atoms with Gasteiger partial charge in [-0.25, -0.2) is 0 Å². The average molecular weight is 443 g/mol. The summed E-state index contributed by atoms with van der Waals surface area (Å²) in [5.41, 5.74) is 1.39. The van der Waals surface area contributed by atoms with Crippen LogP contribution in [0.15, 0.2) is 35.3 Å². The van der Waals surface area contributed by atoms with Crippen molar-refractivity contribution < 1.29 is 4.74 Å². The molecule has 134 valence electrons. The Morgan fingerprint density at radius 3 is 2.71 bits per heavy atom. The summed E-state index contributed by atoms with van der Waals surface area (Å²) < 4.78 is 5.92. The maximum atomic E-state index is 5.92. The fourth-order valence-electron chi connectivity index (χ4n) is 3.60. The third-order valence-corrected chi connectivity index (χ3v) is 4.97. The Bertz CT molecular complexity index is 523. The number of nitrogens with zero attached hydrogens (tertiary/aromatic N) is 1. The summed E-state index contributed by atoms with van der Waals surface area (Å²) in [7, 11) is 0. The molecule has 2 bridgehead atoms. The lowest BCUT2D eigenvalue weighted by molar-refractivity contribution is 0.0992. The lowest BCUT2D eigenvalue weighted by Gasteiger charge is -2.22. The standard InChI is InChI=1S/C19H29N3O.HI/c1-3-20-19(22-17-13-16-9-10-18(17)23-16)21-12-11-14(2)15-7-5-4-6-8-15;/h4-8,14,16-18H,3,9-13H2,1-2H3,(H2,20,21,22);1H. The highest BCUT2D eigenvalue weighted by Gasteiger charge is 2.41. The number of rotatable bonds is 6. The Morgan fingerprint density at radius 1 is 1.29 bits per heavy atom. The molecule has 0 aliphatic carbocycles. The van der Waals surface area contributed by atoms with Crippen molar-refractivity contribution in [2.45, 2.75) is 63.7 Å². The molecule has 3 rings (SSSR count). The molecule has 0 saturated carbocycles. The Hall–Kier alpha value is -0.820. The van der Waals surface area contributed by atoms with Crippen molar-refractivity contribution in [2.75, 3.05) is 13.1 Å². The lowest BCUT2D eigenvalue weighted by atomic mass is 9.96. The number of guanidine groups is 1. The molecule has 5 heteroatoms. The SMILES string of the molecule is CCNC(=NCCC(C)c1ccccc1)NC1CC2CCC1O2.I. The molecule has 2 aliphatic rings. The molecule has 24 heavy (non-hydrogen) atoms. The van der Waals surface area contributed by atoms with E-state index in [0.29, 0.717) is 24.2 Å². The van der Waals surface area contributed by atoms with E-state index in [9.17, 15) is 0 Å². The quantitative estimate of drug-likeness (QED) is 0.401.